The topological polar surface area (TPSA) is 12.0 Å². The van der Waals surface area contributed by atoms with Crippen LogP contribution in [0, 0.1) is 12.7 Å². The SMILES string of the molecule is Cc1cc(CNc2ccc(F)c(Cl)c2)ccc1Br. The fourth-order valence-electron chi connectivity index (χ4n) is 1.63. The number of anilines is 1. The Morgan fingerprint density at radius 1 is 1.22 bits per heavy atom. The first-order valence-electron chi connectivity index (χ1n) is 5.50. The predicted molar refractivity (Wildman–Crippen MR) is 77.6 cm³/mol. The highest BCUT2D eigenvalue weighted by molar-refractivity contribution is 9.10. The minimum absolute atomic E-state index is 0.131. The summed E-state index contributed by atoms with van der Waals surface area (Å²) in [6.07, 6.45) is 0. The maximum atomic E-state index is 13.0. The lowest BCUT2D eigenvalue weighted by molar-refractivity contribution is 0.628. The van der Waals surface area contributed by atoms with Gasteiger partial charge in [0.05, 0.1) is 5.02 Å². The van der Waals surface area contributed by atoms with Gasteiger partial charge in [-0.3, -0.25) is 0 Å². The number of nitrogens with one attached hydrogen (secondary N) is 1. The molecule has 4 heteroatoms. The average Bonchev–Trinajstić information content (AvgIpc) is 2.35. The molecule has 0 fully saturated rings. The van der Waals surface area contributed by atoms with Gasteiger partial charge in [-0.25, -0.2) is 4.39 Å². The standard InChI is InChI=1S/C14H12BrClFN/c1-9-6-10(2-4-12(9)15)8-18-11-3-5-14(17)13(16)7-11/h2-7,18H,8H2,1H3. The number of aryl methyl sites for hydroxylation is 1. The summed E-state index contributed by atoms with van der Waals surface area (Å²) in [7, 11) is 0. The Morgan fingerprint density at radius 2 is 2.00 bits per heavy atom. The summed E-state index contributed by atoms with van der Waals surface area (Å²) >= 11 is 9.18. The third-order valence-electron chi connectivity index (χ3n) is 2.64. The van der Waals surface area contributed by atoms with Crippen molar-refractivity contribution >= 4 is 33.2 Å². The highest BCUT2D eigenvalue weighted by Gasteiger charge is 2.01. The van der Waals surface area contributed by atoms with Gasteiger partial charge in [-0.05, 0) is 42.3 Å². The molecule has 0 aliphatic carbocycles. The molecule has 0 bridgehead atoms. The summed E-state index contributed by atoms with van der Waals surface area (Å²) in [5, 5.41) is 3.34. The summed E-state index contributed by atoms with van der Waals surface area (Å²) in [5.74, 6) is -0.401. The molecule has 1 nitrogen and oxygen atoms in total. The quantitative estimate of drug-likeness (QED) is 0.820. The summed E-state index contributed by atoms with van der Waals surface area (Å²) < 4.78 is 14.1. The van der Waals surface area contributed by atoms with E-state index in [2.05, 4.69) is 27.3 Å². The van der Waals surface area contributed by atoms with Crippen LogP contribution in [-0.4, -0.2) is 0 Å². The van der Waals surface area contributed by atoms with Crippen molar-refractivity contribution in [2.75, 3.05) is 5.32 Å². The van der Waals surface area contributed by atoms with Crippen LogP contribution in [0.3, 0.4) is 0 Å². The molecule has 0 amide bonds. The maximum Gasteiger partial charge on any atom is 0.141 e. The van der Waals surface area contributed by atoms with Crippen LogP contribution in [0.15, 0.2) is 40.9 Å². The monoisotopic (exact) mass is 327 g/mol. The van der Waals surface area contributed by atoms with Crippen LogP contribution in [0.5, 0.6) is 0 Å². The largest absolute Gasteiger partial charge is 0.381 e. The molecule has 0 radical (unpaired) electrons. The van der Waals surface area contributed by atoms with Crippen LogP contribution in [0.4, 0.5) is 10.1 Å². The van der Waals surface area contributed by atoms with Gasteiger partial charge in [-0.1, -0.05) is 39.7 Å². The van der Waals surface area contributed by atoms with Gasteiger partial charge in [0.1, 0.15) is 5.82 Å². The Bertz CT molecular complexity index is 520. The lowest BCUT2D eigenvalue weighted by atomic mass is 10.1. The molecule has 0 unspecified atom stereocenters. The average molecular weight is 329 g/mol. The van der Waals surface area contributed by atoms with Crippen molar-refractivity contribution in [2.24, 2.45) is 0 Å². The number of benzene rings is 2. The van der Waals surface area contributed by atoms with E-state index >= 15 is 0 Å². The molecule has 0 aliphatic rings. The van der Waals surface area contributed by atoms with Crippen molar-refractivity contribution in [3.63, 3.8) is 0 Å². The Balaban J connectivity index is 2.06. The zero-order chi connectivity index (χ0) is 13.1. The van der Waals surface area contributed by atoms with E-state index in [4.69, 9.17) is 11.6 Å². The smallest absolute Gasteiger partial charge is 0.141 e. The minimum Gasteiger partial charge on any atom is -0.381 e. The van der Waals surface area contributed by atoms with Crippen molar-refractivity contribution in [3.05, 3.63) is 62.8 Å². The Hall–Kier alpha value is -1.06. The second-order valence-electron chi connectivity index (χ2n) is 4.07. The molecule has 18 heavy (non-hydrogen) atoms. The Morgan fingerprint density at radius 3 is 2.67 bits per heavy atom. The van der Waals surface area contributed by atoms with Gasteiger partial charge in [0, 0.05) is 16.7 Å². The van der Waals surface area contributed by atoms with Crippen molar-refractivity contribution in [3.8, 4) is 0 Å². The zero-order valence-corrected chi connectivity index (χ0v) is 12.1. The van der Waals surface area contributed by atoms with Gasteiger partial charge in [0.2, 0.25) is 0 Å². The van der Waals surface area contributed by atoms with Gasteiger partial charge >= 0.3 is 0 Å². The number of hydrogen-bond acceptors (Lipinski definition) is 1. The van der Waals surface area contributed by atoms with Gasteiger partial charge in [-0.2, -0.15) is 0 Å². The number of halogens is 3. The van der Waals surface area contributed by atoms with Crippen molar-refractivity contribution in [2.45, 2.75) is 13.5 Å². The molecule has 0 aromatic heterocycles. The summed E-state index contributed by atoms with van der Waals surface area (Å²) in [6.45, 7) is 2.72. The normalized spacial score (nSPS) is 10.4. The predicted octanol–water partition coefficient (Wildman–Crippen LogP) is 5.16. The van der Waals surface area contributed by atoms with Gasteiger partial charge < -0.3 is 5.32 Å². The molecule has 0 saturated carbocycles. The molecule has 94 valence electrons. The third-order valence-corrected chi connectivity index (χ3v) is 3.82. The van der Waals surface area contributed by atoms with Crippen molar-refractivity contribution < 1.29 is 4.39 Å². The maximum absolute atomic E-state index is 13.0. The van der Waals surface area contributed by atoms with E-state index in [1.54, 1.807) is 12.1 Å². The summed E-state index contributed by atoms with van der Waals surface area (Å²) in [5.41, 5.74) is 3.16. The Labute approximate surface area is 119 Å². The molecule has 1 N–H and O–H groups in total. The van der Waals surface area contributed by atoms with E-state index in [1.807, 2.05) is 19.1 Å². The molecular weight excluding hydrogens is 317 g/mol. The fourth-order valence-corrected chi connectivity index (χ4v) is 2.05. The van der Waals surface area contributed by atoms with Gasteiger partial charge in [0.15, 0.2) is 0 Å². The van der Waals surface area contributed by atoms with E-state index in [0.717, 1.165) is 15.7 Å². The molecule has 2 aromatic carbocycles. The second-order valence-corrected chi connectivity index (χ2v) is 5.33. The van der Waals surface area contributed by atoms with Crippen LogP contribution >= 0.6 is 27.5 Å². The first-order chi connectivity index (χ1) is 8.56. The lowest BCUT2D eigenvalue weighted by Gasteiger charge is -2.08. The lowest BCUT2D eigenvalue weighted by Crippen LogP contribution is -2.00. The molecule has 2 aromatic rings. The molecular formula is C14H12BrClFN. The first-order valence-corrected chi connectivity index (χ1v) is 6.67. The van der Waals surface area contributed by atoms with Crippen LogP contribution in [-0.2, 0) is 6.54 Å². The van der Waals surface area contributed by atoms with Gasteiger partial charge in [0.25, 0.3) is 0 Å². The Kier molecular flexibility index (Phi) is 4.25. The van der Waals surface area contributed by atoms with Crippen molar-refractivity contribution in [1.29, 1.82) is 0 Å². The zero-order valence-electron chi connectivity index (χ0n) is 9.81. The van der Waals surface area contributed by atoms with E-state index < -0.39 is 5.82 Å². The van der Waals surface area contributed by atoms with E-state index in [-0.39, 0.29) is 5.02 Å². The van der Waals surface area contributed by atoms with E-state index in [1.165, 1.54) is 11.6 Å². The first kappa shape index (κ1) is 13.4. The summed E-state index contributed by atoms with van der Waals surface area (Å²) in [4.78, 5) is 0. The molecule has 0 spiro atoms. The second kappa shape index (κ2) is 5.72. The third kappa shape index (κ3) is 3.24. The van der Waals surface area contributed by atoms with Crippen molar-refractivity contribution in [1.82, 2.24) is 0 Å². The van der Waals surface area contributed by atoms with Crippen LogP contribution < -0.4 is 5.32 Å². The molecule has 0 saturated heterocycles. The fraction of sp³-hybridized carbons (Fsp3) is 0.143. The highest BCUT2D eigenvalue weighted by Crippen LogP contribution is 2.21. The molecule has 0 heterocycles. The van der Waals surface area contributed by atoms with Crippen LogP contribution in [0.2, 0.25) is 5.02 Å². The van der Waals surface area contributed by atoms with Gasteiger partial charge in [-0.15, -0.1) is 0 Å². The highest BCUT2D eigenvalue weighted by atomic mass is 79.9. The minimum atomic E-state index is -0.401. The molecule has 0 aliphatic heterocycles. The molecule has 2 rings (SSSR count). The summed E-state index contributed by atoms with van der Waals surface area (Å²) in [6, 6.07) is 10.8. The number of hydrogen-bond donors (Lipinski definition) is 1. The van der Waals surface area contributed by atoms with E-state index in [9.17, 15) is 4.39 Å². The van der Waals surface area contributed by atoms with E-state index in [0.29, 0.717) is 6.54 Å². The van der Waals surface area contributed by atoms with Crippen LogP contribution in [0.1, 0.15) is 11.1 Å². The van der Waals surface area contributed by atoms with Crippen LogP contribution in [0.25, 0.3) is 0 Å². The number of rotatable bonds is 3. The molecule has 0 atom stereocenters.